The van der Waals surface area contributed by atoms with Crippen LogP contribution in [-0.2, 0) is 9.59 Å². The number of rotatable bonds is 6. The lowest BCUT2D eigenvalue weighted by Crippen LogP contribution is -2.54. The number of nitrogens with one attached hydrogen (secondary N) is 1. The van der Waals surface area contributed by atoms with Gasteiger partial charge in [-0.15, -0.1) is 0 Å². The predicted molar refractivity (Wildman–Crippen MR) is 56.1 cm³/mol. The van der Waals surface area contributed by atoms with Gasteiger partial charge in [-0.2, -0.15) is 0 Å². The summed E-state index contributed by atoms with van der Waals surface area (Å²) in [5.74, 6) is -1.56. The van der Waals surface area contributed by atoms with E-state index in [4.69, 9.17) is 16.6 Å². The molecule has 1 amide bonds. The fourth-order valence-corrected chi connectivity index (χ4v) is 0.923. The Morgan fingerprint density at radius 2 is 2.00 bits per heavy atom. The maximum Gasteiger partial charge on any atom is 0.328 e. The number of carboxylic acid groups (broad SMARTS) is 1. The van der Waals surface area contributed by atoms with Gasteiger partial charge in [0.2, 0.25) is 5.91 Å². The molecule has 0 aliphatic rings. The Kier molecular flexibility index (Phi) is 5.24. The number of carbonyl (C=O) groups excluding carboxylic acids is 1. The molecule has 0 unspecified atom stereocenters. The smallest absolute Gasteiger partial charge is 0.328 e. The quantitative estimate of drug-likeness (QED) is 0.456. The molecule has 88 valence electrons. The zero-order chi connectivity index (χ0) is 12.1. The Bertz CT molecular complexity index is 241. The molecule has 0 radical (unpaired) electrons. The van der Waals surface area contributed by atoms with Crippen molar-refractivity contribution in [2.75, 3.05) is 6.54 Å². The zero-order valence-electron chi connectivity index (χ0n) is 9.12. The van der Waals surface area contributed by atoms with Crippen LogP contribution in [0.25, 0.3) is 0 Å². The summed E-state index contributed by atoms with van der Waals surface area (Å²) in [6.07, 6.45) is 1.10. The van der Waals surface area contributed by atoms with Gasteiger partial charge >= 0.3 is 5.97 Å². The van der Waals surface area contributed by atoms with Gasteiger partial charge in [0.15, 0.2) is 0 Å². The Balaban J connectivity index is 4.18. The molecule has 15 heavy (non-hydrogen) atoms. The molecule has 0 saturated carbocycles. The van der Waals surface area contributed by atoms with Crippen LogP contribution < -0.4 is 16.8 Å². The van der Waals surface area contributed by atoms with Crippen molar-refractivity contribution in [1.29, 1.82) is 0 Å². The molecule has 0 aromatic carbocycles. The van der Waals surface area contributed by atoms with Crippen molar-refractivity contribution in [3.05, 3.63) is 0 Å². The van der Waals surface area contributed by atoms with E-state index in [1.165, 1.54) is 13.8 Å². The average Bonchev–Trinajstić information content (AvgIpc) is 2.13. The number of carbonyl (C=O) groups is 2. The highest BCUT2D eigenvalue weighted by atomic mass is 16.4. The van der Waals surface area contributed by atoms with Gasteiger partial charge in [0, 0.05) is 0 Å². The molecule has 1 atom stereocenters. The van der Waals surface area contributed by atoms with Crippen LogP contribution in [0.15, 0.2) is 0 Å². The Hall–Kier alpha value is -1.14. The Morgan fingerprint density at radius 1 is 1.47 bits per heavy atom. The molecule has 6 nitrogen and oxygen atoms in total. The van der Waals surface area contributed by atoms with Crippen LogP contribution in [0.4, 0.5) is 0 Å². The largest absolute Gasteiger partial charge is 0.480 e. The van der Waals surface area contributed by atoms with Crippen molar-refractivity contribution in [2.45, 2.75) is 38.3 Å². The number of carboxylic acids is 1. The highest BCUT2D eigenvalue weighted by Gasteiger charge is 2.30. The fraction of sp³-hybridized carbons (Fsp3) is 0.778. The lowest BCUT2D eigenvalue weighted by molar-refractivity contribution is -0.146. The molecule has 0 saturated heterocycles. The maximum atomic E-state index is 11.4. The van der Waals surface area contributed by atoms with Crippen LogP contribution in [0, 0.1) is 0 Å². The van der Waals surface area contributed by atoms with Crippen LogP contribution in [-0.4, -0.2) is 35.1 Å². The minimum Gasteiger partial charge on any atom is -0.480 e. The van der Waals surface area contributed by atoms with Crippen molar-refractivity contribution < 1.29 is 14.7 Å². The molecule has 0 aliphatic heterocycles. The number of hydrogen-bond donors (Lipinski definition) is 4. The molecule has 0 aliphatic carbocycles. The van der Waals surface area contributed by atoms with Crippen LogP contribution in [0.3, 0.4) is 0 Å². The molecule has 0 aromatic rings. The molecule has 0 bridgehead atoms. The van der Waals surface area contributed by atoms with Crippen molar-refractivity contribution in [2.24, 2.45) is 11.5 Å². The van der Waals surface area contributed by atoms with E-state index in [1.54, 1.807) is 0 Å². The second-order valence-electron chi connectivity index (χ2n) is 3.96. The van der Waals surface area contributed by atoms with Crippen molar-refractivity contribution in [3.8, 4) is 0 Å². The highest BCUT2D eigenvalue weighted by Crippen LogP contribution is 2.03. The summed E-state index contributed by atoms with van der Waals surface area (Å²) >= 11 is 0. The third-order valence-corrected chi connectivity index (χ3v) is 2.03. The van der Waals surface area contributed by atoms with E-state index in [2.05, 4.69) is 5.32 Å². The summed E-state index contributed by atoms with van der Waals surface area (Å²) in [6.45, 7) is 3.27. The van der Waals surface area contributed by atoms with Gasteiger partial charge in [-0.25, -0.2) is 4.79 Å². The fourth-order valence-electron chi connectivity index (χ4n) is 0.923. The first-order valence-electron chi connectivity index (χ1n) is 4.82. The normalized spacial score (nSPS) is 13.3. The van der Waals surface area contributed by atoms with Gasteiger partial charge in [-0.05, 0) is 33.2 Å². The van der Waals surface area contributed by atoms with Gasteiger partial charge in [0.25, 0.3) is 0 Å². The van der Waals surface area contributed by atoms with E-state index in [1.807, 2.05) is 0 Å². The molecular weight excluding hydrogens is 198 g/mol. The van der Waals surface area contributed by atoms with Gasteiger partial charge in [0.05, 0.1) is 6.04 Å². The molecule has 0 spiro atoms. The molecular formula is C9H19N3O3. The van der Waals surface area contributed by atoms with Crippen LogP contribution >= 0.6 is 0 Å². The van der Waals surface area contributed by atoms with Crippen LogP contribution in [0.5, 0.6) is 0 Å². The van der Waals surface area contributed by atoms with Gasteiger partial charge in [-0.3, -0.25) is 4.79 Å². The van der Waals surface area contributed by atoms with Gasteiger partial charge in [-0.1, -0.05) is 0 Å². The van der Waals surface area contributed by atoms with Crippen molar-refractivity contribution in [1.82, 2.24) is 5.32 Å². The molecule has 0 rings (SSSR count). The first-order chi connectivity index (χ1) is 6.81. The first kappa shape index (κ1) is 13.9. The summed E-state index contributed by atoms with van der Waals surface area (Å²) in [5, 5.41) is 11.1. The number of hydrogen-bond acceptors (Lipinski definition) is 4. The zero-order valence-corrected chi connectivity index (χ0v) is 9.12. The number of aliphatic carboxylic acids is 1. The maximum absolute atomic E-state index is 11.4. The van der Waals surface area contributed by atoms with Crippen molar-refractivity contribution >= 4 is 11.9 Å². The van der Waals surface area contributed by atoms with E-state index in [-0.39, 0.29) is 0 Å². The van der Waals surface area contributed by atoms with Crippen LogP contribution in [0.1, 0.15) is 26.7 Å². The lowest BCUT2D eigenvalue weighted by atomic mass is 10.0. The third kappa shape index (κ3) is 4.75. The molecule has 0 heterocycles. The second kappa shape index (κ2) is 5.67. The lowest BCUT2D eigenvalue weighted by Gasteiger charge is -2.23. The minimum absolute atomic E-state index is 0.456. The first-order valence-corrected chi connectivity index (χ1v) is 4.82. The third-order valence-electron chi connectivity index (χ3n) is 2.03. The summed E-state index contributed by atoms with van der Waals surface area (Å²) in [4.78, 5) is 22.1. The van der Waals surface area contributed by atoms with Gasteiger partial charge < -0.3 is 21.9 Å². The van der Waals surface area contributed by atoms with E-state index < -0.39 is 23.5 Å². The second-order valence-corrected chi connectivity index (χ2v) is 3.96. The number of nitrogens with two attached hydrogens (primary N) is 2. The Labute approximate surface area is 89.0 Å². The summed E-state index contributed by atoms with van der Waals surface area (Å²) in [7, 11) is 0. The SMILES string of the molecule is CC(C)(NC(=O)[C@@H](N)CCCN)C(=O)O. The monoisotopic (exact) mass is 217 g/mol. The summed E-state index contributed by atoms with van der Waals surface area (Å²) in [6, 6.07) is -0.702. The van der Waals surface area contributed by atoms with Crippen molar-refractivity contribution in [3.63, 3.8) is 0 Å². The molecule has 0 fully saturated rings. The van der Waals surface area contributed by atoms with E-state index in [9.17, 15) is 9.59 Å². The van der Waals surface area contributed by atoms with E-state index in [0.717, 1.165) is 0 Å². The molecule has 6 N–H and O–H groups in total. The summed E-state index contributed by atoms with van der Waals surface area (Å²) in [5.41, 5.74) is 9.53. The number of amides is 1. The van der Waals surface area contributed by atoms with Crippen LogP contribution in [0.2, 0.25) is 0 Å². The Morgan fingerprint density at radius 3 is 2.40 bits per heavy atom. The molecule has 6 heteroatoms. The minimum atomic E-state index is -1.29. The van der Waals surface area contributed by atoms with Gasteiger partial charge in [0.1, 0.15) is 5.54 Å². The topological polar surface area (TPSA) is 118 Å². The average molecular weight is 217 g/mol. The van der Waals surface area contributed by atoms with E-state index in [0.29, 0.717) is 19.4 Å². The standard InChI is InChI=1S/C9H19N3O3/c1-9(2,8(14)15)12-7(13)6(11)4-3-5-10/h6H,3-5,10-11H2,1-2H3,(H,12,13)(H,14,15)/t6-/m0/s1. The van der Waals surface area contributed by atoms with E-state index >= 15 is 0 Å². The summed E-state index contributed by atoms with van der Waals surface area (Å²) < 4.78 is 0. The predicted octanol–water partition coefficient (Wildman–Crippen LogP) is -0.968. The highest BCUT2D eigenvalue weighted by molar-refractivity contribution is 5.88. The molecule has 0 aromatic heterocycles.